The van der Waals surface area contributed by atoms with Crippen molar-refractivity contribution in [2.75, 3.05) is 5.32 Å². The van der Waals surface area contributed by atoms with Gasteiger partial charge in [0.2, 0.25) is 20.0 Å². The zero-order valence-corrected chi connectivity index (χ0v) is 19.2. The van der Waals surface area contributed by atoms with Gasteiger partial charge in [0.15, 0.2) is 0 Å². The smallest absolute Gasteiger partial charge is 0.367 e. The molecular weight excluding hydrogens is 491 g/mol. The van der Waals surface area contributed by atoms with E-state index in [9.17, 15) is 30.0 Å². The second kappa shape index (κ2) is 8.69. The first-order valence-electron chi connectivity index (χ1n) is 10.0. The lowest BCUT2D eigenvalue weighted by molar-refractivity contribution is -0.139. The van der Waals surface area contributed by atoms with Crippen LogP contribution in [0, 0.1) is 0 Å². The fourth-order valence-electron chi connectivity index (χ4n) is 3.84. The minimum absolute atomic E-state index is 0.0845. The zero-order chi connectivity index (χ0) is 24.7. The lowest BCUT2D eigenvalue weighted by atomic mass is 10.1. The minimum atomic E-state index is -5.07. The van der Waals surface area contributed by atoms with Crippen LogP contribution in [0.5, 0.6) is 0 Å². The Labute approximate surface area is 195 Å². The van der Waals surface area contributed by atoms with Crippen molar-refractivity contribution in [2.45, 2.75) is 35.1 Å². The van der Waals surface area contributed by atoms with Crippen molar-refractivity contribution in [1.82, 2.24) is 4.31 Å². The van der Waals surface area contributed by atoms with Gasteiger partial charge in [0.25, 0.3) is 0 Å². The number of nitrogens with one attached hydrogen (secondary N) is 1. The van der Waals surface area contributed by atoms with E-state index >= 15 is 0 Å². The van der Waals surface area contributed by atoms with Crippen molar-refractivity contribution in [3.05, 3.63) is 89.5 Å². The van der Waals surface area contributed by atoms with Crippen LogP contribution in [0.1, 0.15) is 16.7 Å². The van der Waals surface area contributed by atoms with Gasteiger partial charge in [0.1, 0.15) is 4.90 Å². The van der Waals surface area contributed by atoms with E-state index < -0.39 is 47.7 Å². The summed E-state index contributed by atoms with van der Waals surface area (Å²) in [4.78, 5) is -1.89. The topological polar surface area (TPSA) is 110 Å². The number of anilines is 1. The molecule has 3 N–H and O–H groups in total. The molecule has 0 bridgehead atoms. The van der Waals surface area contributed by atoms with Crippen LogP contribution in [0.2, 0.25) is 0 Å². The molecule has 1 aliphatic rings. The third-order valence-corrected chi connectivity index (χ3v) is 8.25. The Balaban J connectivity index is 1.89. The Morgan fingerprint density at radius 2 is 1.50 bits per heavy atom. The van der Waals surface area contributed by atoms with Crippen molar-refractivity contribution in [3.8, 4) is 0 Å². The lowest BCUT2D eigenvalue weighted by Crippen LogP contribution is -2.49. The highest BCUT2D eigenvalue weighted by Gasteiger charge is 2.43. The molecule has 1 atom stereocenters. The van der Waals surface area contributed by atoms with Gasteiger partial charge in [-0.15, -0.1) is 0 Å². The van der Waals surface area contributed by atoms with E-state index in [-0.39, 0.29) is 18.7 Å². The molecule has 0 aromatic heterocycles. The monoisotopic (exact) mass is 511 g/mol. The maximum atomic E-state index is 13.6. The number of hydrogen-bond acceptors (Lipinski definition) is 5. The molecule has 0 saturated heterocycles. The quantitative estimate of drug-likeness (QED) is 0.545. The third kappa shape index (κ3) is 4.80. The number of primary sulfonamides is 1. The maximum absolute atomic E-state index is 13.6. The van der Waals surface area contributed by atoms with Crippen LogP contribution in [0.3, 0.4) is 0 Å². The molecule has 180 valence electrons. The van der Waals surface area contributed by atoms with Gasteiger partial charge in [-0.3, -0.25) is 0 Å². The number of alkyl halides is 3. The summed E-state index contributed by atoms with van der Waals surface area (Å²) in [5.74, 6) is 0. The maximum Gasteiger partial charge on any atom is 0.417 e. The molecule has 7 nitrogen and oxygen atoms in total. The standard InChI is InChI=1S/C22H20F3N3O4S2/c23-22(24,25)17-12-18-20(13-19(17)33(26,29)30)34(31,32)28(14-16-9-5-2-6-10-16)21(27-18)11-15-7-3-1-4-8-15/h1-10,12-13,21,27H,11,14H2,(H2,26,29,30). The Morgan fingerprint density at radius 1 is 0.941 bits per heavy atom. The number of rotatable bonds is 5. The first-order chi connectivity index (χ1) is 15.9. The molecule has 1 heterocycles. The molecule has 3 aromatic rings. The number of nitrogens with two attached hydrogens (primary N) is 1. The molecule has 0 spiro atoms. The molecule has 34 heavy (non-hydrogen) atoms. The van der Waals surface area contributed by atoms with Gasteiger partial charge >= 0.3 is 6.18 Å². The summed E-state index contributed by atoms with van der Waals surface area (Å²) in [5.41, 5.74) is -0.474. The predicted octanol–water partition coefficient (Wildman–Crippen LogP) is 3.54. The number of fused-ring (bicyclic) bond motifs is 1. The summed E-state index contributed by atoms with van der Waals surface area (Å²) in [6.07, 6.45) is -5.84. The Morgan fingerprint density at radius 3 is 2.03 bits per heavy atom. The Bertz CT molecular complexity index is 1410. The SMILES string of the molecule is NS(=O)(=O)c1cc2c(cc1C(F)(F)F)NC(Cc1ccccc1)N(Cc1ccccc1)S2(=O)=O. The largest absolute Gasteiger partial charge is 0.417 e. The molecule has 0 aliphatic carbocycles. The van der Waals surface area contributed by atoms with Crippen molar-refractivity contribution in [1.29, 1.82) is 0 Å². The van der Waals surface area contributed by atoms with Crippen molar-refractivity contribution < 1.29 is 30.0 Å². The average Bonchev–Trinajstić information content (AvgIpc) is 2.76. The summed E-state index contributed by atoms with van der Waals surface area (Å²) in [5, 5.41) is 7.88. The predicted molar refractivity (Wildman–Crippen MR) is 120 cm³/mol. The molecule has 0 saturated carbocycles. The summed E-state index contributed by atoms with van der Waals surface area (Å²) < 4.78 is 93.1. The number of benzene rings is 3. The van der Waals surface area contributed by atoms with Gasteiger partial charge in [-0.2, -0.15) is 17.5 Å². The summed E-state index contributed by atoms with van der Waals surface area (Å²) in [7, 11) is -9.28. The van der Waals surface area contributed by atoms with E-state index in [0.29, 0.717) is 17.7 Å². The second-order valence-corrected chi connectivity index (χ2v) is 11.2. The van der Waals surface area contributed by atoms with Crippen LogP contribution in [0.25, 0.3) is 0 Å². The van der Waals surface area contributed by atoms with E-state index in [1.807, 2.05) is 0 Å². The van der Waals surface area contributed by atoms with Crippen molar-refractivity contribution >= 4 is 25.7 Å². The van der Waals surface area contributed by atoms with Crippen LogP contribution >= 0.6 is 0 Å². The van der Waals surface area contributed by atoms with Crippen molar-refractivity contribution in [2.24, 2.45) is 5.14 Å². The van der Waals surface area contributed by atoms with Crippen LogP contribution in [0.15, 0.2) is 82.6 Å². The summed E-state index contributed by atoms with van der Waals surface area (Å²) >= 11 is 0. The van der Waals surface area contributed by atoms with E-state index in [1.165, 1.54) is 0 Å². The Kier molecular flexibility index (Phi) is 6.19. The minimum Gasteiger partial charge on any atom is -0.367 e. The lowest BCUT2D eigenvalue weighted by Gasteiger charge is -2.38. The summed E-state index contributed by atoms with van der Waals surface area (Å²) in [6.45, 7) is -0.0845. The average molecular weight is 512 g/mol. The summed E-state index contributed by atoms with van der Waals surface area (Å²) in [6, 6.07) is 18.5. The van der Waals surface area contributed by atoms with Crippen LogP contribution < -0.4 is 10.5 Å². The fourth-order valence-corrected chi connectivity index (χ4v) is 6.37. The third-order valence-electron chi connectivity index (χ3n) is 5.40. The molecule has 12 heteroatoms. The van der Waals surface area contributed by atoms with Crippen molar-refractivity contribution in [3.63, 3.8) is 0 Å². The van der Waals surface area contributed by atoms with Crippen LogP contribution in [0.4, 0.5) is 18.9 Å². The van der Waals surface area contributed by atoms with Gasteiger partial charge < -0.3 is 5.32 Å². The highest BCUT2D eigenvalue weighted by Crippen LogP contribution is 2.42. The molecule has 1 aliphatic heterocycles. The number of nitrogens with zero attached hydrogens (tertiary/aromatic N) is 1. The normalized spacial score (nSPS) is 18.2. The van der Waals surface area contributed by atoms with Crippen LogP contribution in [-0.4, -0.2) is 27.3 Å². The molecular formula is C22H20F3N3O4S2. The van der Waals surface area contributed by atoms with Gasteiger partial charge in [-0.05, 0) is 23.3 Å². The molecule has 0 fully saturated rings. The molecule has 0 radical (unpaired) electrons. The highest BCUT2D eigenvalue weighted by molar-refractivity contribution is 7.90. The first kappa shape index (κ1) is 24.2. The number of halogens is 3. The molecule has 0 amide bonds. The van der Waals surface area contributed by atoms with Gasteiger partial charge in [-0.25, -0.2) is 22.0 Å². The van der Waals surface area contributed by atoms with E-state index in [2.05, 4.69) is 5.32 Å². The number of sulfonamides is 2. The molecule has 1 unspecified atom stereocenters. The van der Waals surface area contributed by atoms with E-state index in [0.717, 1.165) is 9.87 Å². The van der Waals surface area contributed by atoms with E-state index in [4.69, 9.17) is 5.14 Å². The second-order valence-electron chi connectivity index (χ2n) is 7.77. The number of hydrogen-bond donors (Lipinski definition) is 2. The van der Waals surface area contributed by atoms with Gasteiger partial charge in [0.05, 0.1) is 22.3 Å². The Hall–Kier alpha value is -2.93. The highest BCUT2D eigenvalue weighted by atomic mass is 32.2. The molecule has 3 aromatic carbocycles. The zero-order valence-electron chi connectivity index (χ0n) is 17.5. The fraction of sp³-hybridized carbons (Fsp3) is 0.182. The molecule has 4 rings (SSSR count). The van der Waals surface area contributed by atoms with Crippen LogP contribution in [-0.2, 0) is 39.2 Å². The van der Waals surface area contributed by atoms with E-state index in [1.54, 1.807) is 60.7 Å². The van der Waals surface area contributed by atoms with Gasteiger partial charge in [-0.1, -0.05) is 60.7 Å². The van der Waals surface area contributed by atoms with Gasteiger partial charge in [0, 0.05) is 13.0 Å². The first-order valence-corrected chi connectivity index (χ1v) is 13.0.